The highest BCUT2D eigenvalue weighted by Crippen LogP contribution is 2.16. The molecule has 1 amide bonds. The Kier molecular flexibility index (Phi) is 5.23. The third-order valence-corrected chi connectivity index (χ3v) is 4.19. The topological polar surface area (TPSA) is 54.5 Å². The minimum absolute atomic E-state index is 0.0959. The maximum Gasteiger partial charge on any atom is 0.254 e. The average molecular weight is 347 g/mol. The first-order chi connectivity index (χ1) is 12.0. The molecule has 0 saturated carbocycles. The van der Waals surface area contributed by atoms with Crippen LogP contribution in [0.2, 0.25) is 0 Å². The SMILES string of the molecule is COc1ccc(CN2CCC(NC(=O)c3cc(F)ccc3F)C2)cn1. The number of methoxy groups -OCH3 is 1. The lowest BCUT2D eigenvalue weighted by molar-refractivity contribution is 0.0933. The number of hydrogen-bond donors (Lipinski definition) is 1. The van der Waals surface area contributed by atoms with Gasteiger partial charge in [-0.2, -0.15) is 0 Å². The Labute approximate surface area is 144 Å². The van der Waals surface area contributed by atoms with Crippen molar-refractivity contribution in [3.63, 3.8) is 0 Å². The van der Waals surface area contributed by atoms with E-state index in [0.717, 1.165) is 36.7 Å². The normalized spacial score (nSPS) is 17.5. The van der Waals surface area contributed by atoms with Crippen molar-refractivity contribution in [1.82, 2.24) is 15.2 Å². The molecule has 1 aliphatic rings. The molecular weight excluding hydrogens is 328 g/mol. The van der Waals surface area contributed by atoms with Crippen LogP contribution in [-0.4, -0.2) is 42.0 Å². The minimum Gasteiger partial charge on any atom is -0.481 e. The Balaban J connectivity index is 1.55. The molecule has 1 aromatic heterocycles. The largest absolute Gasteiger partial charge is 0.481 e. The predicted octanol–water partition coefficient (Wildman–Crippen LogP) is 2.37. The lowest BCUT2D eigenvalue weighted by atomic mass is 10.1. The van der Waals surface area contributed by atoms with Crippen LogP contribution in [0.5, 0.6) is 5.88 Å². The van der Waals surface area contributed by atoms with E-state index >= 15 is 0 Å². The van der Waals surface area contributed by atoms with Crippen molar-refractivity contribution in [1.29, 1.82) is 0 Å². The van der Waals surface area contributed by atoms with Crippen molar-refractivity contribution in [3.8, 4) is 5.88 Å². The number of aromatic nitrogens is 1. The van der Waals surface area contributed by atoms with E-state index in [0.29, 0.717) is 19.0 Å². The summed E-state index contributed by atoms with van der Waals surface area (Å²) in [6.45, 7) is 2.16. The standard InChI is InChI=1S/C18H19F2N3O2/c1-25-17-5-2-12(9-21-17)10-23-7-6-14(11-23)22-18(24)15-8-13(19)3-4-16(15)20/h2-5,8-9,14H,6-7,10-11H2,1H3,(H,22,24). The predicted molar refractivity (Wildman–Crippen MR) is 88.3 cm³/mol. The van der Waals surface area contributed by atoms with Gasteiger partial charge in [0, 0.05) is 37.9 Å². The van der Waals surface area contributed by atoms with Gasteiger partial charge in [-0.25, -0.2) is 13.8 Å². The summed E-state index contributed by atoms with van der Waals surface area (Å²) in [4.78, 5) is 18.5. The molecule has 3 rings (SSSR count). The van der Waals surface area contributed by atoms with Gasteiger partial charge in [-0.1, -0.05) is 6.07 Å². The van der Waals surface area contributed by atoms with E-state index in [1.807, 2.05) is 6.07 Å². The summed E-state index contributed by atoms with van der Waals surface area (Å²) < 4.78 is 31.9. The first kappa shape index (κ1) is 17.3. The quantitative estimate of drug-likeness (QED) is 0.902. The average Bonchev–Trinajstić information content (AvgIpc) is 3.04. The second-order valence-corrected chi connectivity index (χ2v) is 6.03. The number of hydrogen-bond acceptors (Lipinski definition) is 4. The third kappa shape index (κ3) is 4.30. The molecule has 132 valence electrons. The lowest BCUT2D eigenvalue weighted by Crippen LogP contribution is -2.37. The van der Waals surface area contributed by atoms with Crippen molar-refractivity contribution in [2.75, 3.05) is 20.2 Å². The molecule has 7 heteroatoms. The van der Waals surface area contributed by atoms with E-state index in [1.165, 1.54) is 0 Å². The van der Waals surface area contributed by atoms with E-state index in [-0.39, 0.29) is 11.6 Å². The molecule has 0 bridgehead atoms. The van der Waals surface area contributed by atoms with Crippen LogP contribution in [0.4, 0.5) is 8.78 Å². The monoisotopic (exact) mass is 347 g/mol. The number of halogens is 2. The number of carbonyl (C=O) groups is 1. The van der Waals surface area contributed by atoms with Gasteiger partial charge in [-0.05, 0) is 30.2 Å². The fraction of sp³-hybridized carbons (Fsp3) is 0.333. The van der Waals surface area contributed by atoms with Crippen LogP contribution < -0.4 is 10.1 Å². The molecule has 1 unspecified atom stereocenters. The summed E-state index contributed by atoms with van der Waals surface area (Å²) in [6.07, 6.45) is 2.51. The highest BCUT2D eigenvalue weighted by molar-refractivity contribution is 5.94. The van der Waals surface area contributed by atoms with Crippen molar-refractivity contribution < 1.29 is 18.3 Å². The van der Waals surface area contributed by atoms with Gasteiger partial charge in [0.25, 0.3) is 5.91 Å². The van der Waals surface area contributed by atoms with Crippen LogP contribution in [-0.2, 0) is 6.54 Å². The van der Waals surface area contributed by atoms with Crippen LogP contribution >= 0.6 is 0 Å². The van der Waals surface area contributed by atoms with E-state index in [2.05, 4.69) is 15.2 Å². The maximum atomic E-state index is 13.7. The zero-order valence-corrected chi connectivity index (χ0v) is 13.8. The molecule has 1 aromatic carbocycles. The number of amides is 1. The van der Waals surface area contributed by atoms with Crippen molar-refractivity contribution in [3.05, 3.63) is 59.3 Å². The number of nitrogens with zero attached hydrogens (tertiary/aromatic N) is 2. The molecule has 1 saturated heterocycles. The minimum atomic E-state index is -0.724. The van der Waals surface area contributed by atoms with Crippen molar-refractivity contribution in [2.24, 2.45) is 0 Å². The van der Waals surface area contributed by atoms with Gasteiger partial charge in [0.1, 0.15) is 11.6 Å². The Morgan fingerprint density at radius 3 is 2.92 bits per heavy atom. The van der Waals surface area contributed by atoms with Gasteiger partial charge in [0.05, 0.1) is 12.7 Å². The summed E-state index contributed by atoms with van der Waals surface area (Å²) in [5.74, 6) is -1.38. The number of pyridine rings is 1. The van der Waals surface area contributed by atoms with Gasteiger partial charge in [-0.3, -0.25) is 9.69 Å². The second-order valence-electron chi connectivity index (χ2n) is 6.03. The molecule has 25 heavy (non-hydrogen) atoms. The number of ether oxygens (including phenoxy) is 1. The van der Waals surface area contributed by atoms with Crippen LogP contribution in [0, 0.1) is 11.6 Å². The van der Waals surface area contributed by atoms with E-state index in [4.69, 9.17) is 4.74 Å². The van der Waals surface area contributed by atoms with E-state index in [9.17, 15) is 13.6 Å². The highest BCUT2D eigenvalue weighted by Gasteiger charge is 2.25. The van der Waals surface area contributed by atoms with Crippen LogP contribution in [0.15, 0.2) is 36.5 Å². The molecule has 1 N–H and O–H groups in total. The summed E-state index contributed by atoms with van der Waals surface area (Å²) in [5.41, 5.74) is 0.779. The molecule has 0 aliphatic carbocycles. The Hall–Kier alpha value is -2.54. The van der Waals surface area contributed by atoms with Gasteiger partial charge < -0.3 is 10.1 Å². The first-order valence-corrected chi connectivity index (χ1v) is 8.02. The van der Waals surface area contributed by atoms with Crippen LogP contribution in [0.25, 0.3) is 0 Å². The molecule has 2 heterocycles. The molecule has 1 aliphatic heterocycles. The summed E-state index contributed by atoms with van der Waals surface area (Å²) in [7, 11) is 1.57. The second kappa shape index (κ2) is 7.57. The molecule has 5 nitrogen and oxygen atoms in total. The zero-order valence-electron chi connectivity index (χ0n) is 13.8. The first-order valence-electron chi connectivity index (χ1n) is 8.02. The van der Waals surface area contributed by atoms with E-state index in [1.54, 1.807) is 19.4 Å². The third-order valence-electron chi connectivity index (χ3n) is 4.19. The maximum absolute atomic E-state index is 13.7. The number of nitrogens with one attached hydrogen (secondary N) is 1. The highest BCUT2D eigenvalue weighted by atomic mass is 19.1. The molecular formula is C18H19F2N3O2. The van der Waals surface area contributed by atoms with Crippen LogP contribution in [0.1, 0.15) is 22.3 Å². The number of likely N-dealkylation sites (tertiary alicyclic amines) is 1. The molecule has 0 spiro atoms. The van der Waals surface area contributed by atoms with Gasteiger partial charge in [0.15, 0.2) is 0 Å². The van der Waals surface area contributed by atoms with Gasteiger partial charge in [-0.15, -0.1) is 0 Å². The number of carbonyl (C=O) groups excluding carboxylic acids is 1. The molecule has 2 aromatic rings. The molecule has 1 fully saturated rings. The van der Waals surface area contributed by atoms with Gasteiger partial charge in [0.2, 0.25) is 5.88 Å². The molecule has 1 atom stereocenters. The fourth-order valence-electron chi connectivity index (χ4n) is 2.91. The zero-order chi connectivity index (χ0) is 17.8. The lowest BCUT2D eigenvalue weighted by Gasteiger charge is -2.17. The van der Waals surface area contributed by atoms with E-state index < -0.39 is 17.5 Å². The summed E-state index contributed by atoms with van der Waals surface area (Å²) in [5, 5.41) is 2.77. The molecule has 0 radical (unpaired) electrons. The number of benzene rings is 1. The number of rotatable bonds is 5. The van der Waals surface area contributed by atoms with Crippen LogP contribution in [0.3, 0.4) is 0 Å². The summed E-state index contributed by atoms with van der Waals surface area (Å²) >= 11 is 0. The Morgan fingerprint density at radius 2 is 2.20 bits per heavy atom. The fourth-order valence-corrected chi connectivity index (χ4v) is 2.91. The Morgan fingerprint density at radius 1 is 1.36 bits per heavy atom. The van der Waals surface area contributed by atoms with Crippen molar-refractivity contribution >= 4 is 5.91 Å². The smallest absolute Gasteiger partial charge is 0.254 e. The Bertz CT molecular complexity index is 752. The summed E-state index contributed by atoms with van der Waals surface area (Å²) in [6, 6.07) is 6.52. The van der Waals surface area contributed by atoms with Crippen molar-refractivity contribution in [2.45, 2.75) is 19.0 Å². The van der Waals surface area contributed by atoms with Gasteiger partial charge >= 0.3 is 0 Å².